The molecule has 3 nitrogen and oxygen atoms in total. The zero-order valence-electron chi connectivity index (χ0n) is 14.8. The minimum Gasteiger partial charge on any atom is -0.352 e. The molecule has 1 aromatic rings. The van der Waals surface area contributed by atoms with E-state index in [1.807, 2.05) is 6.92 Å². The van der Waals surface area contributed by atoms with E-state index in [1.54, 1.807) is 0 Å². The molecule has 3 rings (SSSR count). The monoisotopic (exact) mass is 326 g/mol. The summed E-state index contributed by atoms with van der Waals surface area (Å²) < 4.78 is 0. The second kappa shape index (κ2) is 8.48. The first-order chi connectivity index (χ1) is 11.7. The topological polar surface area (TPSA) is 32.3 Å². The van der Waals surface area contributed by atoms with Gasteiger partial charge in [-0.3, -0.25) is 9.69 Å². The lowest BCUT2D eigenvalue weighted by Gasteiger charge is -2.32. The number of carbonyl (C=O) groups excluding carboxylic acids is 1. The molecule has 0 bridgehead atoms. The van der Waals surface area contributed by atoms with E-state index in [4.69, 9.17) is 0 Å². The molecule has 1 saturated carbocycles. The Balaban J connectivity index is 1.53. The molecule has 1 aromatic carbocycles. The summed E-state index contributed by atoms with van der Waals surface area (Å²) in [7, 11) is 0. The highest BCUT2D eigenvalue weighted by Gasteiger charge is 2.25. The third kappa shape index (κ3) is 4.47. The van der Waals surface area contributed by atoms with Crippen LogP contribution >= 0.6 is 0 Å². The highest BCUT2D eigenvalue weighted by Crippen LogP contribution is 2.23. The average Bonchev–Trinajstić information content (AvgIpc) is 2.90. The molecular weight excluding hydrogens is 296 g/mol. The molecule has 0 saturated heterocycles. The molecule has 1 fully saturated rings. The molecule has 0 radical (unpaired) electrons. The highest BCUT2D eigenvalue weighted by atomic mass is 16.2. The van der Waals surface area contributed by atoms with Gasteiger partial charge >= 0.3 is 0 Å². The summed E-state index contributed by atoms with van der Waals surface area (Å²) in [6.45, 7) is 3.87. The summed E-state index contributed by atoms with van der Waals surface area (Å²) >= 11 is 0. The predicted molar refractivity (Wildman–Crippen MR) is 99.7 cm³/mol. The Hall–Kier alpha value is -1.61. The Morgan fingerprint density at radius 2 is 1.83 bits per heavy atom. The molecule has 2 aliphatic rings. The second-order valence-electron chi connectivity index (χ2n) is 7.21. The van der Waals surface area contributed by atoms with Crippen LogP contribution in [0.1, 0.15) is 57.4 Å². The molecule has 0 aromatic heterocycles. The number of amides is 1. The average molecular weight is 326 g/mol. The molecule has 1 heterocycles. The number of rotatable bonds is 4. The summed E-state index contributed by atoms with van der Waals surface area (Å²) in [4.78, 5) is 14.9. The Morgan fingerprint density at radius 3 is 2.46 bits per heavy atom. The Morgan fingerprint density at radius 1 is 1.12 bits per heavy atom. The quantitative estimate of drug-likeness (QED) is 0.848. The zero-order chi connectivity index (χ0) is 16.8. The van der Waals surface area contributed by atoms with Crippen LogP contribution in [0.4, 0.5) is 0 Å². The van der Waals surface area contributed by atoms with Crippen LogP contribution in [0, 0.1) is 0 Å². The van der Waals surface area contributed by atoms with Gasteiger partial charge in [0.15, 0.2) is 0 Å². The molecule has 1 aliphatic carbocycles. The minimum absolute atomic E-state index is 0.0400. The van der Waals surface area contributed by atoms with Crippen LogP contribution in [0.5, 0.6) is 0 Å². The Labute approximate surface area is 146 Å². The van der Waals surface area contributed by atoms with Gasteiger partial charge in [-0.05, 0) is 37.3 Å². The van der Waals surface area contributed by atoms with E-state index in [0.29, 0.717) is 6.04 Å². The summed E-state index contributed by atoms with van der Waals surface area (Å²) in [5.74, 6) is 0.207. The van der Waals surface area contributed by atoms with Crippen molar-refractivity contribution in [3.8, 4) is 0 Å². The van der Waals surface area contributed by atoms with Crippen molar-refractivity contribution in [2.75, 3.05) is 13.1 Å². The van der Waals surface area contributed by atoms with E-state index in [2.05, 4.69) is 46.6 Å². The molecule has 1 aliphatic heterocycles. The summed E-state index contributed by atoms with van der Waals surface area (Å²) in [5, 5.41) is 3.30. The first-order valence-electron chi connectivity index (χ1n) is 9.53. The lowest BCUT2D eigenvalue weighted by molar-refractivity contribution is -0.126. The smallest absolute Gasteiger partial charge is 0.237 e. The van der Waals surface area contributed by atoms with Gasteiger partial charge in [-0.2, -0.15) is 0 Å². The van der Waals surface area contributed by atoms with Crippen molar-refractivity contribution < 1.29 is 4.79 Å². The third-order valence-electron chi connectivity index (χ3n) is 5.51. The summed E-state index contributed by atoms with van der Waals surface area (Å²) in [5.41, 5.74) is 2.72. The largest absolute Gasteiger partial charge is 0.352 e. The summed E-state index contributed by atoms with van der Waals surface area (Å²) in [6.07, 6.45) is 10.8. The van der Waals surface area contributed by atoms with Gasteiger partial charge in [0, 0.05) is 19.1 Å². The maximum absolute atomic E-state index is 12.6. The molecule has 1 N–H and O–H groups in total. The van der Waals surface area contributed by atoms with Crippen LogP contribution in [0.3, 0.4) is 0 Å². The van der Waals surface area contributed by atoms with Crippen molar-refractivity contribution in [1.29, 1.82) is 0 Å². The van der Waals surface area contributed by atoms with Gasteiger partial charge in [0.1, 0.15) is 0 Å². The molecular formula is C21H30N2O. The number of nitrogens with one attached hydrogen (secondary N) is 1. The van der Waals surface area contributed by atoms with Crippen molar-refractivity contribution in [2.45, 2.75) is 64.0 Å². The van der Waals surface area contributed by atoms with Gasteiger partial charge in [-0.25, -0.2) is 0 Å². The molecule has 130 valence electrons. The number of benzene rings is 1. The Kier molecular flexibility index (Phi) is 6.08. The minimum atomic E-state index is -0.0400. The van der Waals surface area contributed by atoms with Crippen molar-refractivity contribution in [1.82, 2.24) is 10.2 Å². The van der Waals surface area contributed by atoms with Crippen molar-refractivity contribution in [3.05, 3.63) is 42.0 Å². The van der Waals surface area contributed by atoms with Crippen molar-refractivity contribution in [2.24, 2.45) is 0 Å². The van der Waals surface area contributed by atoms with Gasteiger partial charge in [0.25, 0.3) is 0 Å². The van der Waals surface area contributed by atoms with E-state index in [9.17, 15) is 4.79 Å². The van der Waals surface area contributed by atoms with Crippen LogP contribution in [0.25, 0.3) is 5.57 Å². The fourth-order valence-electron chi connectivity index (χ4n) is 3.86. The van der Waals surface area contributed by atoms with Gasteiger partial charge in [-0.1, -0.05) is 62.1 Å². The maximum Gasteiger partial charge on any atom is 0.237 e. The first kappa shape index (κ1) is 17.2. The van der Waals surface area contributed by atoms with Crippen LogP contribution in [-0.2, 0) is 4.79 Å². The maximum atomic E-state index is 12.6. The second-order valence-corrected chi connectivity index (χ2v) is 7.21. The van der Waals surface area contributed by atoms with Crippen molar-refractivity contribution in [3.63, 3.8) is 0 Å². The fraction of sp³-hybridized carbons (Fsp3) is 0.571. The van der Waals surface area contributed by atoms with Crippen LogP contribution < -0.4 is 5.32 Å². The molecule has 0 spiro atoms. The number of nitrogens with zero attached hydrogens (tertiary/aromatic N) is 1. The van der Waals surface area contributed by atoms with Gasteiger partial charge in [0.05, 0.1) is 6.04 Å². The van der Waals surface area contributed by atoms with Gasteiger partial charge in [-0.15, -0.1) is 0 Å². The van der Waals surface area contributed by atoms with E-state index < -0.39 is 0 Å². The summed E-state index contributed by atoms with van der Waals surface area (Å²) in [6, 6.07) is 10.9. The predicted octanol–water partition coefficient (Wildman–Crippen LogP) is 4.00. The molecule has 1 amide bonds. The number of hydrogen-bond donors (Lipinski definition) is 1. The lowest BCUT2D eigenvalue weighted by atomic mass is 9.98. The molecule has 0 unspecified atom stereocenters. The SMILES string of the molecule is C[C@@H](C(=O)NC1CCCCCC1)N1CC=C(c2ccccc2)CC1. The number of carbonyl (C=O) groups is 1. The molecule has 3 heteroatoms. The highest BCUT2D eigenvalue weighted by molar-refractivity contribution is 5.81. The van der Waals surface area contributed by atoms with Crippen LogP contribution in [-0.4, -0.2) is 36.0 Å². The van der Waals surface area contributed by atoms with Crippen molar-refractivity contribution >= 4 is 11.5 Å². The lowest BCUT2D eigenvalue weighted by Crippen LogP contribution is -2.49. The van der Waals surface area contributed by atoms with Crippen LogP contribution in [0.2, 0.25) is 0 Å². The van der Waals surface area contributed by atoms with Crippen LogP contribution in [0.15, 0.2) is 36.4 Å². The van der Waals surface area contributed by atoms with E-state index in [1.165, 1.54) is 36.8 Å². The van der Waals surface area contributed by atoms with E-state index in [-0.39, 0.29) is 11.9 Å². The normalized spacial score (nSPS) is 21.6. The number of hydrogen-bond acceptors (Lipinski definition) is 2. The fourth-order valence-corrected chi connectivity index (χ4v) is 3.86. The first-order valence-corrected chi connectivity index (χ1v) is 9.53. The van der Waals surface area contributed by atoms with E-state index in [0.717, 1.165) is 32.4 Å². The zero-order valence-corrected chi connectivity index (χ0v) is 14.8. The van der Waals surface area contributed by atoms with Gasteiger partial charge < -0.3 is 5.32 Å². The van der Waals surface area contributed by atoms with E-state index >= 15 is 0 Å². The third-order valence-corrected chi connectivity index (χ3v) is 5.51. The molecule has 1 atom stereocenters. The Bertz CT molecular complexity index is 558. The van der Waals surface area contributed by atoms with Gasteiger partial charge in [0.2, 0.25) is 5.91 Å². The molecule has 24 heavy (non-hydrogen) atoms. The standard InChI is InChI=1S/C21H30N2O/c1-17(21(24)22-20-11-7-2-3-8-12-20)23-15-13-19(14-16-23)18-9-5-4-6-10-18/h4-6,9-10,13,17,20H,2-3,7-8,11-12,14-16H2,1H3,(H,22,24)/t17-/m0/s1.